The summed E-state index contributed by atoms with van der Waals surface area (Å²) in [7, 11) is 1.30. The lowest BCUT2D eigenvalue weighted by atomic mass is 10.1. The molecule has 3 rings (SSSR count). The number of hydrogen-bond donors (Lipinski definition) is 1. The number of aliphatic hydroxyl groups excluding tert-OH is 1. The van der Waals surface area contributed by atoms with Crippen molar-refractivity contribution in [1.82, 2.24) is 0 Å². The first-order valence-electron chi connectivity index (χ1n) is 7.37. The Morgan fingerprint density at radius 2 is 1.96 bits per heavy atom. The second kappa shape index (κ2) is 6.49. The average molecular weight is 349 g/mol. The summed E-state index contributed by atoms with van der Waals surface area (Å²) in [5.41, 5.74) is -0.000822. The number of nitro groups is 1. The monoisotopic (exact) mass is 349 g/mol. The zero-order chi connectivity index (χ0) is 18.8. The van der Waals surface area contributed by atoms with Gasteiger partial charge in [-0.05, 0) is 6.07 Å². The molecule has 0 atom stereocenters. The quantitative estimate of drug-likeness (QED) is 0.512. The average Bonchev–Trinajstić information content (AvgIpc) is 2.91. The molecule has 0 aromatic heterocycles. The van der Waals surface area contributed by atoms with Gasteiger partial charge in [0.25, 0.3) is 5.69 Å². The molecule has 0 fully saturated rings. The Hall–Kier alpha value is -3.99. The number of carbonyl (C=O) groups excluding carboxylic acids is 1. The maximum atomic E-state index is 12.5. The van der Waals surface area contributed by atoms with Gasteiger partial charge in [0, 0.05) is 17.2 Å². The number of nitriles is 1. The number of non-ortho nitro benzene ring substituents is 1. The lowest BCUT2D eigenvalue weighted by molar-refractivity contribution is -0.384. The van der Waals surface area contributed by atoms with Gasteiger partial charge in [0.15, 0.2) is 17.2 Å². The van der Waals surface area contributed by atoms with E-state index >= 15 is 0 Å². The maximum absolute atomic E-state index is 12.5. The Kier molecular flexibility index (Phi) is 4.21. The molecule has 2 aromatic carbocycles. The van der Waals surface area contributed by atoms with E-state index in [9.17, 15) is 25.3 Å². The number of carbonyl (C=O) groups is 1. The molecule has 1 N–H and O–H groups in total. The van der Waals surface area contributed by atoms with Gasteiger partial charge in [-0.3, -0.25) is 14.9 Å². The summed E-state index contributed by atoms with van der Waals surface area (Å²) >= 11 is 0. The number of nitrogens with zero attached hydrogens (tertiary/aromatic N) is 3. The molecule has 8 nitrogen and oxygen atoms in total. The molecule has 26 heavy (non-hydrogen) atoms. The van der Waals surface area contributed by atoms with Crippen LogP contribution in [0.3, 0.4) is 0 Å². The van der Waals surface area contributed by atoms with Crippen molar-refractivity contribution in [2.24, 2.45) is 4.99 Å². The van der Waals surface area contributed by atoms with E-state index in [1.54, 1.807) is 30.3 Å². The Bertz CT molecular complexity index is 1050. The number of methoxy groups -OCH3 is 1. The van der Waals surface area contributed by atoms with Crippen molar-refractivity contribution in [3.05, 3.63) is 69.3 Å². The third kappa shape index (κ3) is 2.67. The van der Waals surface area contributed by atoms with E-state index < -0.39 is 10.7 Å². The molecule has 1 aliphatic carbocycles. The predicted molar refractivity (Wildman–Crippen MR) is 92.7 cm³/mol. The zero-order valence-corrected chi connectivity index (χ0v) is 13.5. The summed E-state index contributed by atoms with van der Waals surface area (Å²) in [6.45, 7) is 0. The minimum absolute atomic E-state index is 0.0648. The van der Waals surface area contributed by atoms with E-state index in [0.717, 1.165) is 6.07 Å². The highest BCUT2D eigenvalue weighted by atomic mass is 16.6. The summed E-state index contributed by atoms with van der Waals surface area (Å²) in [4.78, 5) is 26.9. The van der Waals surface area contributed by atoms with Crippen LogP contribution < -0.4 is 4.74 Å². The SMILES string of the molecule is COc1cc([N+](=O)[O-])ccc1N=C(C#N)C1=C(O)c2ccccc2C1=O. The number of rotatable bonds is 4. The molecule has 0 amide bonds. The van der Waals surface area contributed by atoms with Gasteiger partial charge >= 0.3 is 0 Å². The molecular formula is C18H11N3O5. The fraction of sp³-hybridized carbons (Fsp3) is 0.0556. The zero-order valence-electron chi connectivity index (χ0n) is 13.5. The molecular weight excluding hydrogens is 338 g/mol. The second-order valence-corrected chi connectivity index (χ2v) is 5.28. The van der Waals surface area contributed by atoms with Crippen LogP contribution in [0.4, 0.5) is 11.4 Å². The van der Waals surface area contributed by atoms with Crippen LogP contribution in [-0.2, 0) is 0 Å². The van der Waals surface area contributed by atoms with E-state index in [-0.39, 0.29) is 39.7 Å². The number of nitro benzene ring substituents is 1. The smallest absolute Gasteiger partial charge is 0.273 e. The van der Waals surface area contributed by atoms with Crippen LogP contribution >= 0.6 is 0 Å². The van der Waals surface area contributed by atoms with E-state index in [0.29, 0.717) is 5.56 Å². The molecule has 2 aromatic rings. The van der Waals surface area contributed by atoms with Crippen LogP contribution in [0, 0.1) is 21.4 Å². The van der Waals surface area contributed by atoms with E-state index in [1.807, 2.05) is 0 Å². The van der Waals surface area contributed by atoms with Crippen LogP contribution in [-0.4, -0.2) is 28.6 Å². The van der Waals surface area contributed by atoms with Crippen molar-refractivity contribution in [2.45, 2.75) is 0 Å². The largest absolute Gasteiger partial charge is 0.506 e. The Balaban J connectivity index is 2.12. The lowest BCUT2D eigenvalue weighted by Crippen LogP contribution is -2.09. The lowest BCUT2D eigenvalue weighted by Gasteiger charge is -2.05. The molecule has 128 valence electrons. The summed E-state index contributed by atoms with van der Waals surface area (Å²) < 4.78 is 5.08. The van der Waals surface area contributed by atoms with Crippen molar-refractivity contribution < 1.29 is 19.6 Å². The minimum Gasteiger partial charge on any atom is -0.506 e. The molecule has 0 spiro atoms. The highest BCUT2D eigenvalue weighted by molar-refractivity contribution is 6.39. The van der Waals surface area contributed by atoms with Crippen molar-refractivity contribution in [3.63, 3.8) is 0 Å². The molecule has 0 unspecified atom stereocenters. The van der Waals surface area contributed by atoms with Gasteiger partial charge in [0.05, 0.1) is 18.1 Å². The van der Waals surface area contributed by atoms with Gasteiger partial charge in [0.1, 0.15) is 23.1 Å². The molecule has 1 aliphatic rings. The highest BCUT2D eigenvalue weighted by Gasteiger charge is 2.33. The summed E-state index contributed by atoms with van der Waals surface area (Å²) in [5.74, 6) is -0.777. The molecule has 0 heterocycles. The predicted octanol–water partition coefficient (Wildman–Crippen LogP) is 3.37. The first-order chi connectivity index (χ1) is 12.5. The van der Waals surface area contributed by atoms with Crippen LogP contribution in [0.15, 0.2) is 53.0 Å². The normalized spacial score (nSPS) is 13.4. The van der Waals surface area contributed by atoms with Crippen molar-refractivity contribution in [1.29, 1.82) is 5.26 Å². The second-order valence-electron chi connectivity index (χ2n) is 5.28. The van der Waals surface area contributed by atoms with Crippen molar-refractivity contribution >= 4 is 28.6 Å². The number of allylic oxidation sites excluding steroid dienone is 1. The third-order valence-electron chi connectivity index (χ3n) is 3.84. The van der Waals surface area contributed by atoms with Gasteiger partial charge in [-0.15, -0.1) is 0 Å². The fourth-order valence-electron chi connectivity index (χ4n) is 2.61. The van der Waals surface area contributed by atoms with Gasteiger partial charge < -0.3 is 9.84 Å². The van der Waals surface area contributed by atoms with Crippen LogP contribution in [0.25, 0.3) is 5.76 Å². The summed E-state index contributed by atoms with van der Waals surface area (Å²) in [6.07, 6.45) is 0. The highest BCUT2D eigenvalue weighted by Crippen LogP contribution is 2.35. The molecule has 0 aliphatic heterocycles. The standard InChI is InChI=1S/C18H11N3O5/c1-26-15-8-10(21(24)25)6-7-13(15)20-14(9-19)16-17(22)11-4-2-3-5-12(11)18(16)23/h2-8,22H,1H3. The Morgan fingerprint density at radius 1 is 1.27 bits per heavy atom. The maximum Gasteiger partial charge on any atom is 0.273 e. The van der Waals surface area contributed by atoms with Gasteiger partial charge in [-0.2, -0.15) is 5.26 Å². The third-order valence-corrected chi connectivity index (χ3v) is 3.84. The van der Waals surface area contributed by atoms with E-state index in [2.05, 4.69) is 4.99 Å². The fourth-order valence-corrected chi connectivity index (χ4v) is 2.61. The van der Waals surface area contributed by atoms with Crippen LogP contribution in [0.1, 0.15) is 15.9 Å². The van der Waals surface area contributed by atoms with Gasteiger partial charge in [-0.25, -0.2) is 4.99 Å². The number of hydrogen-bond acceptors (Lipinski definition) is 7. The van der Waals surface area contributed by atoms with Crippen LogP contribution in [0.2, 0.25) is 0 Å². The van der Waals surface area contributed by atoms with E-state index in [4.69, 9.17) is 4.74 Å². The first-order valence-corrected chi connectivity index (χ1v) is 7.37. The minimum atomic E-state index is -0.591. The number of ketones is 1. The number of benzene rings is 2. The number of Topliss-reactive ketones (excluding diaryl/α,β-unsaturated/α-hetero) is 1. The summed E-state index contributed by atoms with van der Waals surface area (Å²) in [6, 6.07) is 11.9. The molecule has 0 bridgehead atoms. The number of aliphatic imine (C=N–C) groups is 1. The molecule has 0 saturated carbocycles. The van der Waals surface area contributed by atoms with Crippen molar-refractivity contribution in [3.8, 4) is 11.8 Å². The first kappa shape index (κ1) is 16.9. The van der Waals surface area contributed by atoms with Crippen LogP contribution in [0.5, 0.6) is 5.75 Å². The van der Waals surface area contributed by atoms with E-state index in [1.165, 1.54) is 19.2 Å². The number of fused-ring (bicyclic) bond motifs is 1. The number of aliphatic hydroxyl groups is 1. The van der Waals surface area contributed by atoms with Crippen molar-refractivity contribution in [2.75, 3.05) is 7.11 Å². The van der Waals surface area contributed by atoms with Gasteiger partial charge in [0.2, 0.25) is 0 Å². The summed E-state index contributed by atoms with van der Waals surface area (Å²) in [5, 5.41) is 30.6. The Labute approximate surface area is 147 Å². The molecule has 8 heteroatoms. The van der Waals surface area contributed by atoms with Gasteiger partial charge in [-0.1, -0.05) is 24.3 Å². The molecule has 0 saturated heterocycles. The molecule has 0 radical (unpaired) electrons. The Morgan fingerprint density at radius 3 is 2.54 bits per heavy atom. The number of ether oxygens (including phenoxy) is 1. The topological polar surface area (TPSA) is 126 Å².